The average Bonchev–Trinajstić information content (AvgIpc) is 2.28. The van der Waals surface area contributed by atoms with E-state index in [1.807, 2.05) is 32.0 Å². The smallest absolute Gasteiger partial charge is 0.191 e. The Bertz CT molecular complexity index is 287. The second kappa shape index (κ2) is 6.81. The van der Waals surface area contributed by atoms with E-state index in [1.165, 1.54) is 0 Å². The first kappa shape index (κ1) is 11.5. The summed E-state index contributed by atoms with van der Waals surface area (Å²) >= 11 is 0. The number of rotatable bonds is 4. The van der Waals surface area contributed by atoms with Crippen LogP contribution in [0.1, 0.15) is 19.5 Å². The molecule has 0 saturated heterocycles. The van der Waals surface area contributed by atoms with Crippen molar-refractivity contribution < 1.29 is 0 Å². The van der Waals surface area contributed by atoms with Gasteiger partial charge in [0.15, 0.2) is 5.96 Å². The van der Waals surface area contributed by atoms with Crippen LogP contribution in [0.15, 0.2) is 29.4 Å². The van der Waals surface area contributed by atoms with Crippen LogP contribution in [0.25, 0.3) is 0 Å². The standard InChI is InChI=1S/C11H18N4/c1-3-12-11(13-4-2)15-9-10-7-5-6-8-14-10/h5-8H,3-4,9H2,1-2H3,(H2,12,13,15). The number of guanidine groups is 1. The van der Waals surface area contributed by atoms with Crippen LogP contribution < -0.4 is 10.6 Å². The minimum Gasteiger partial charge on any atom is -0.357 e. The predicted octanol–water partition coefficient (Wildman–Crippen LogP) is 1.16. The second-order valence-electron chi connectivity index (χ2n) is 3.05. The van der Waals surface area contributed by atoms with Crippen molar-refractivity contribution in [2.75, 3.05) is 13.1 Å². The van der Waals surface area contributed by atoms with Gasteiger partial charge in [-0.2, -0.15) is 0 Å². The van der Waals surface area contributed by atoms with E-state index >= 15 is 0 Å². The minimum atomic E-state index is 0.607. The van der Waals surface area contributed by atoms with Crippen LogP contribution >= 0.6 is 0 Å². The maximum Gasteiger partial charge on any atom is 0.191 e. The van der Waals surface area contributed by atoms with Gasteiger partial charge in [0.25, 0.3) is 0 Å². The SMILES string of the molecule is CCNC(=NCc1ccccn1)NCC. The number of nitrogens with zero attached hydrogens (tertiary/aromatic N) is 2. The molecule has 0 aliphatic rings. The zero-order valence-corrected chi connectivity index (χ0v) is 9.33. The lowest BCUT2D eigenvalue weighted by Gasteiger charge is -2.08. The fraction of sp³-hybridized carbons (Fsp3) is 0.455. The fourth-order valence-corrected chi connectivity index (χ4v) is 1.16. The van der Waals surface area contributed by atoms with Crippen molar-refractivity contribution in [2.45, 2.75) is 20.4 Å². The molecule has 0 aliphatic heterocycles. The molecule has 2 N–H and O–H groups in total. The third-order valence-corrected chi connectivity index (χ3v) is 1.81. The summed E-state index contributed by atoms with van der Waals surface area (Å²) in [6.45, 7) is 6.44. The first-order chi connectivity index (χ1) is 7.36. The van der Waals surface area contributed by atoms with Crippen molar-refractivity contribution in [3.63, 3.8) is 0 Å². The Morgan fingerprint density at radius 2 is 2.00 bits per heavy atom. The van der Waals surface area contributed by atoms with Gasteiger partial charge in [0.2, 0.25) is 0 Å². The molecule has 0 radical (unpaired) electrons. The van der Waals surface area contributed by atoms with Gasteiger partial charge in [-0.05, 0) is 26.0 Å². The number of pyridine rings is 1. The topological polar surface area (TPSA) is 49.3 Å². The largest absolute Gasteiger partial charge is 0.357 e. The zero-order valence-electron chi connectivity index (χ0n) is 9.33. The van der Waals surface area contributed by atoms with Crippen molar-refractivity contribution >= 4 is 5.96 Å². The van der Waals surface area contributed by atoms with Gasteiger partial charge in [-0.1, -0.05) is 6.07 Å². The molecule has 0 fully saturated rings. The summed E-state index contributed by atoms with van der Waals surface area (Å²) in [6, 6.07) is 5.85. The number of hydrogen-bond acceptors (Lipinski definition) is 2. The molecule has 4 nitrogen and oxygen atoms in total. The highest BCUT2D eigenvalue weighted by Crippen LogP contribution is 1.94. The first-order valence-electron chi connectivity index (χ1n) is 5.29. The van der Waals surface area contributed by atoms with Gasteiger partial charge in [-0.3, -0.25) is 4.98 Å². The van der Waals surface area contributed by atoms with Gasteiger partial charge in [-0.15, -0.1) is 0 Å². The summed E-state index contributed by atoms with van der Waals surface area (Å²) in [6.07, 6.45) is 1.78. The van der Waals surface area contributed by atoms with Gasteiger partial charge in [0.05, 0.1) is 12.2 Å². The van der Waals surface area contributed by atoms with Crippen LogP contribution in [-0.4, -0.2) is 24.0 Å². The molecule has 1 aromatic rings. The van der Waals surface area contributed by atoms with Crippen molar-refractivity contribution in [1.29, 1.82) is 0 Å². The molecule has 0 saturated carbocycles. The van der Waals surface area contributed by atoms with Crippen molar-refractivity contribution in [3.8, 4) is 0 Å². The lowest BCUT2D eigenvalue weighted by molar-refractivity contribution is 0.834. The van der Waals surface area contributed by atoms with E-state index in [0.29, 0.717) is 6.54 Å². The van der Waals surface area contributed by atoms with Crippen LogP contribution in [0.5, 0.6) is 0 Å². The normalized spacial score (nSPS) is 9.47. The number of hydrogen-bond donors (Lipinski definition) is 2. The van der Waals surface area contributed by atoms with E-state index < -0.39 is 0 Å². The van der Waals surface area contributed by atoms with Crippen molar-refractivity contribution in [1.82, 2.24) is 15.6 Å². The Balaban J connectivity index is 2.53. The molecule has 82 valence electrons. The monoisotopic (exact) mass is 206 g/mol. The third kappa shape index (κ3) is 4.44. The molecule has 0 amide bonds. The van der Waals surface area contributed by atoms with Crippen LogP contribution in [0.2, 0.25) is 0 Å². The summed E-state index contributed by atoms with van der Waals surface area (Å²) in [5.74, 6) is 0.839. The van der Waals surface area contributed by atoms with Gasteiger partial charge in [0, 0.05) is 19.3 Å². The Morgan fingerprint density at radius 3 is 2.53 bits per heavy atom. The van der Waals surface area contributed by atoms with E-state index in [-0.39, 0.29) is 0 Å². The van der Waals surface area contributed by atoms with Gasteiger partial charge >= 0.3 is 0 Å². The van der Waals surface area contributed by atoms with E-state index in [0.717, 1.165) is 24.7 Å². The van der Waals surface area contributed by atoms with Crippen molar-refractivity contribution in [2.24, 2.45) is 4.99 Å². The molecule has 0 spiro atoms. The molecule has 0 aliphatic carbocycles. The summed E-state index contributed by atoms with van der Waals surface area (Å²) in [7, 11) is 0. The quantitative estimate of drug-likeness (QED) is 0.574. The molecule has 15 heavy (non-hydrogen) atoms. The number of aromatic nitrogens is 1. The molecule has 0 aromatic carbocycles. The maximum absolute atomic E-state index is 4.41. The molecule has 0 unspecified atom stereocenters. The summed E-state index contributed by atoms with van der Waals surface area (Å²) < 4.78 is 0. The van der Waals surface area contributed by atoms with Crippen LogP contribution in [0.3, 0.4) is 0 Å². The highest BCUT2D eigenvalue weighted by atomic mass is 15.2. The lowest BCUT2D eigenvalue weighted by Crippen LogP contribution is -2.37. The molecule has 0 atom stereocenters. The third-order valence-electron chi connectivity index (χ3n) is 1.81. The highest BCUT2D eigenvalue weighted by Gasteiger charge is 1.95. The Kier molecular flexibility index (Phi) is 5.22. The summed E-state index contributed by atoms with van der Waals surface area (Å²) in [4.78, 5) is 8.61. The average molecular weight is 206 g/mol. The Morgan fingerprint density at radius 1 is 1.27 bits per heavy atom. The molecule has 0 bridgehead atoms. The summed E-state index contributed by atoms with van der Waals surface area (Å²) in [5.41, 5.74) is 0.978. The molecule has 4 heteroatoms. The molecule has 1 rings (SSSR count). The number of aliphatic imine (C=N–C) groups is 1. The van der Waals surface area contributed by atoms with E-state index in [9.17, 15) is 0 Å². The van der Waals surface area contributed by atoms with E-state index in [1.54, 1.807) is 6.20 Å². The van der Waals surface area contributed by atoms with Crippen molar-refractivity contribution in [3.05, 3.63) is 30.1 Å². The molecular formula is C11H18N4. The lowest BCUT2D eigenvalue weighted by atomic mass is 10.3. The van der Waals surface area contributed by atoms with Gasteiger partial charge in [-0.25, -0.2) is 4.99 Å². The van der Waals surface area contributed by atoms with Gasteiger partial charge in [0.1, 0.15) is 0 Å². The van der Waals surface area contributed by atoms with Gasteiger partial charge < -0.3 is 10.6 Å². The fourth-order valence-electron chi connectivity index (χ4n) is 1.16. The Hall–Kier alpha value is -1.58. The predicted molar refractivity (Wildman–Crippen MR) is 62.7 cm³/mol. The molecule has 1 aromatic heterocycles. The highest BCUT2D eigenvalue weighted by molar-refractivity contribution is 5.79. The van der Waals surface area contributed by atoms with Crippen LogP contribution in [0.4, 0.5) is 0 Å². The summed E-state index contributed by atoms with van der Waals surface area (Å²) in [5, 5.41) is 6.33. The minimum absolute atomic E-state index is 0.607. The maximum atomic E-state index is 4.41. The second-order valence-corrected chi connectivity index (χ2v) is 3.05. The zero-order chi connectivity index (χ0) is 10.9. The molecule has 1 heterocycles. The Labute approximate surface area is 90.8 Å². The number of nitrogens with one attached hydrogen (secondary N) is 2. The molecular weight excluding hydrogens is 188 g/mol. The van der Waals surface area contributed by atoms with Crippen LogP contribution in [0, 0.1) is 0 Å². The van der Waals surface area contributed by atoms with E-state index in [2.05, 4.69) is 20.6 Å². The first-order valence-corrected chi connectivity index (χ1v) is 5.29. The van der Waals surface area contributed by atoms with Crippen LogP contribution in [-0.2, 0) is 6.54 Å². The van der Waals surface area contributed by atoms with E-state index in [4.69, 9.17) is 0 Å².